The van der Waals surface area contributed by atoms with Gasteiger partial charge in [0.1, 0.15) is 0 Å². The average Bonchev–Trinajstić information content (AvgIpc) is 3.18. The molecule has 1 atom stereocenters. The molecule has 4 nitrogen and oxygen atoms in total. The summed E-state index contributed by atoms with van der Waals surface area (Å²) in [6, 6.07) is 19.0. The number of aryl methyl sites for hydroxylation is 2. The lowest BCUT2D eigenvalue weighted by atomic mass is 9.86. The molecule has 0 fully saturated rings. The monoisotopic (exact) mass is 401 g/mol. The largest absolute Gasteiger partial charge is 0.344 e. The molecule has 1 aliphatic carbocycles. The second-order valence-electron chi connectivity index (χ2n) is 9.18. The van der Waals surface area contributed by atoms with Gasteiger partial charge in [-0.25, -0.2) is 0 Å². The van der Waals surface area contributed by atoms with Crippen molar-refractivity contribution in [2.75, 3.05) is 0 Å². The van der Waals surface area contributed by atoms with Crippen LogP contribution in [-0.2, 0) is 18.4 Å². The molecule has 0 bridgehead atoms. The summed E-state index contributed by atoms with van der Waals surface area (Å²) in [7, 11) is 0. The van der Waals surface area contributed by atoms with E-state index in [1.807, 2.05) is 10.7 Å². The number of benzene rings is 2. The van der Waals surface area contributed by atoms with Crippen LogP contribution in [-0.4, -0.2) is 15.7 Å². The van der Waals surface area contributed by atoms with Gasteiger partial charge in [-0.2, -0.15) is 5.10 Å². The second-order valence-corrected chi connectivity index (χ2v) is 9.18. The average molecular weight is 402 g/mol. The molecule has 1 heterocycles. The minimum Gasteiger partial charge on any atom is -0.344 e. The molecule has 2 aromatic carbocycles. The van der Waals surface area contributed by atoms with E-state index in [1.165, 1.54) is 16.7 Å². The molecule has 4 rings (SSSR count). The highest BCUT2D eigenvalue weighted by atomic mass is 16.2. The van der Waals surface area contributed by atoms with E-state index >= 15 is 0 Å². The van der Waals surface area contributed by atoms with Crippen LogP contribution < -0.4 is 5.32 Å². The van der Waals surface area contributed by atoms with E-state index in [2.05, 4.69) is 86.6 Å². The molecule has 30 heavy (non-hydrogen) atoms. The van der Waals surface area contributed by atoms with Gasteiger partial charge in [0.25, 0.3) is 5.91 Å². The summed E-state index contributed by atoms with van der Waals surface area (Å²) in [4.78, 5) is 13.0. The lowest BCUT2D eigenvalue weighted by Crippen LogP contribution is -2.31. The summed E-state index contributed by atoms with van der Waals surface area (Å²) in [6.07, 6.45) is 3.15. The van der Waals surface area contributed by atoms with E-state index in [4.69, 9.17) is 0 Å². The summed E-state index contributed by atoms with van der Waals surface area (Å²) in [5.74, 6) is -0.100. The van der Waals surface area contributed by atoms with E-state index in [1.54, 1.807) is 0 Å². The van der Waals surface area contributed by atoms with Crippen LogP contribution in [0.1, 0.15) is 73.8 Å². The number of carbonyl (C=O) groups excluding carboxylic acids is 1. The highest BCUT2D eigenvalue weighted by Crippen LogP contribution is 2.30. The molecule has 0 aliphatic heterocycles. The zero-order valence-electron chi connectivity index (χ0n) is 18.4. The van der Waals surface area contributed by atoms with Crippen LogP contribution >= 0.6 is 0 Å². The first-order valence-electron chi connectivity index (χ1n) is 10.9. The van der Waals surface area contributed by atoms with E-state index in [9.17, 15) is 4.79 Å². The van der Waals surface area contributed by atoms with Crippen molar-refractivity contribution in [3.05, 3.63) is 77.0 Å². The van der Waals surface area contributed by atoms with Crippen LogP contribution in [0.25, 0.3) is 11.3 Å². The van der Waals surface area contributed by atoms with E-state index in [-0.39, 0.29) is 17.4 Å². The molecule has 0 radical (unpaired) electrons. The minimum absolute atomic E-state index is 0.0590. The molecular formula is C26H31N3O. The highest BCUT2D eigenvalue weighted by molar-refractivity contribution is 5.93. The first-order valence-corrected chi connectivity index (χ1v) is 10.9. The third-order valence-corrected chi connectivity index (χ3v) is 6.03. The van der Waals surface area contributed by atoms with Crippen LogP contribution in [0, 0.1) is 0 Å². The minimum atomic E-state index is -0.100. The summed E-state index contributed by atoms with van der Waals surface area (Å²) in [5.41, 5.74) is 6.53. The maximum Gasteiger partial charge on any atom is 0.272 e. The smallest absolute Gasteiger partial charge is 0.272 e. The molecule has 1 aromatic heterocycles. The normalized spacial score (nSPS) is 16.2. The fourth-order valence-corrected chi connectivity index (χ4v) is 4.28. The summed E-state index contributed by atoms with van der Waals surface area (Å²) < 4.78 is 1.91. The van der Waals surface area contributed by atoms with Crippen LogP contribution in [0.3, 0.4) is 0 Å². The summed E-state index contributed by atoms with van der Waals surface area (Å²) in [6.45, 7) is 9.41. The quantitative estimate of drug-likeness (QED) is 0.612. The van der Waals surface area contributed by atoms with Gasteiger partial charge in [0.05, 0.1) is 11.7 Å². The van der Waals surface area contributed by atoms with Crippen LogP contribution in [0.5, 0.6) is 0 Å². The third kappa shape index (κ3) is 4.04. The molecule has 0 spiro atoms. The standard InChI is InChI=1S/C26H31N3O/c1-5-29-24(19-13-15-20(16-14-19)26(2,3)4)17-23(28-29)25(30)27-22-12-8-10-18-9-6-7-11-21(18)22/h6-7,9,11,13-17,22H,5,8,10,12H2,1-4H3,(H,27,30)/t22-/m0/s1. The second kappa shape index (κ2) is 8.10. The first kappa shape index (κ1) is 20.4. The molecule has 4 heteroatoms. The number of hydrogen-bond acceptors (Lipinski definition) is 2. The van der Waals surface area contributed by atoms with Gasteiger partial charge in [0.15, 0.2) is 5.69 Å². The van der Waals surface area contributed by atoms with Crippen LogP contribution in [0.15, 0.2) is 54.6 Å². The number of hydrogen-bond donors (Lipinski definition) is 1. The summed E-state index contributed by atoms with van der Waals surface area (Å²) in [5, 5.41) is 7.82. The topological polar surface area (TPSA) is 46.9 Å². The number of nitrogens with one attached hydrogen (secondary N) is 1. The highest BCUT2D eigenvalue weighted by Gasteiger charge is 2.24. The van der Waals surface area contributed by atoms with E-state index in [0.29, 0.717) is 5.69 Å². The van der Waals surface area contributed by atoms with Crippen molar-refractivity contribution in [1.29, 1.82) is 0 Å². The van der Waals surface area contributed by atoms with Crippen molar-refractivity contribution in [3.63, 3.8) is 0 Å². The molecule has 1 aliphatic rings. The van der Waals surface area contributed by atoms with Crippen molar-refractivity contribution in [2.24, 2.45) is 0 Å². The lowest BCUT2D eigenvalue weighted by Gasteiger charge is -2.26. The summed E-state index contributed by atoms with van der Waals surface area (Å²) >= 11 is 0. The van der Waals surface area contributed by atoms with Gasteiger partial charge in [-0.3, -0.25) is 9.48 Å². The number of carbonyl (C=O) groups is 1. The number of fused-ring (bicyclic) bond motifs is 1. The number of aromatic nitrogens is 2. The van der Waals surface area contributed by atoms with E-state index < -0.39 is 0 Å². The Labute approximate surface area is 179 Å². The SMILES string of the molecule is CCn1nc(C(=O)N[C@H]2CCCc3ccccc32)cc1-c1ccc(C(C)(C)C)cc1. The van der Waals surface area contributed by atoms with Crippen LogP contribution in [0.4, 0.5) is 0 Å². The molecular weight excluding hydrogens is 370 g/mol. The zero-order valence-corrected chi connectivity index (χ0v) is 18.4. The van der Waals surface area contributed by atoms with Crippen molar-refractivity contribution < 1.29 is 4.79 Å². The Morgan fingerprint density at radius 3 is 2.57 bits per heavy atom. The Hall–Kier alpha value is -2.88. The number of amides is 1. The van der Waals surface area contributed by atoms with Crippen molar-refractivity contribution in [3.8, 4) is 11.3 Å². The van der Waals surface area contributed by atoms with Gasteiger partial charge in [-0.1, -0.05) is 69.3 Å². The molecule has 0 saturated heterocycles. The lowest BCUT2D eigenvalue weighted by molar-refractivity contribution is 0.0927. The van der Waals surface area contributed by atoms with Crippen molar-refractivity contribution in [1.82, 2.24) is 15.1 Å². The third-order valence-electron chi connectivity index (χ3n) is 6.03. The Morgan fingerprint density at radius 1 is 1.13 bits per heavy atom. The van der Waals surface area contributed by atoms with Gasteiger partial charge in [0.2, 0.25) is 0 Å². The Kier molecular flexibility index (Phi) is 5.50. The molecule has 1 amide bonds. The first-order chi connectivity index (χ1) is 14.4. The van der Waals surface area contributed by atoms with Crippen LogP contribution in [0.2, 0.25) is 0 Å². The fourth-order valence-electron chi connectivity index (χ4n) is 4.28. The maximum atomic E-state index is 13.0. The number of rotatable bonds is 4. The van der Waals surface area contributed by atoms with Gasteiger partial charge in [-0.15, -0.1) is 0 Å². The Morgan fingerprint density at radius 2 is 1.87 bits per heavy atom. The Balaban J connectivity index is 1.58. The molecule has 0 unspecified atom stereocenters. The van der Waals surface area contributed by atoms with Gasteiger partial charge in [0, 0.05) is 6.54 Å². The van der Waals surface area contributed by atoms with Crippen molar-refractivity contribution >= 4 is 5.91 Å². The van der Waals surface area contributed by atoms with Gasteiger partial charge in [-0.05, 0) is 59.9 Å². The zero-order chi connectivity index (χ0) is 21.3. The maximum absolute atomic E-state index is 13.0. The van der Waals surface area contributed by atoms with Gasteiger partial charge < -0.3 is 5.32 Å². The Bertz CT molecular complexity index is 1040. The predicted octanol–water partition coefficient (Wildman–Crippen LogP) is 5.67. The fraction of sp³-hybridized carbons (Fsp3) is 0.385. The number of nitrogens with zero attached hydrogens (tertiary/aromatic N) is 2. The molecule has 156 valence electrons. The molecule has 3 aromatic rings. The molecule has 0 saturated carbocycles. The molecule has 1 N–H and O–H groups in total. The van der Waals surface area contributed by atoms with Gasteiger partial charge >= 0.3 is 0 Å². The van der Waals surface area contributed by atoms with E-state index in [0.717, 1.165) is 37.1 Å². The predicted molar refractivity (Wildman–Crippen MR) is 122 cm³/mol. The van der Waals surface area contributed by atoms with Crippen molar-refractivity contribution in [2.45, 2.75) is 65.0 Å².